The Morgan fingerprint density at radius 1 is 1.25 bits per heavy atom. The molecule has 1 unspecified atom stereocenters. The zero-order valence-electron chi connectivity index (χ0n) is 14.8. The molecule has 24 heavy (non-hydrogen) atoms. The van der Waals surface area contributed by atoms with Gasteiger partial charge < -0.3 is 16.0 Å². The summed E-state index contributed by atoms with van der Waals surface area (Å²) in [6, 6.07) is 8.91. The number of hydrogen-bond acceptors (Lipinski definition) is 3. The van der Waals surface area contributed by atoms with E-state index in [1.54, 1.807) is 0 Å². The molecular weight excluding hydrogens is 345 g/mol. The number of hydrogen-bond donors (Lipinski definition) is 2. The highest BCUT2D eigenvalue weighted by molar-refractivity contribution is 5.85. The first-order chi connectivity index (χ1) is 10.5. The van der Waals surface area contributed by atoms with Crippen LogP contribution in [0.5, 0.6) is 0 Å². The van der Waals surface area contributed by atoms with E-state index in [4.69, 9.17) is 5.73 Å². The lowest BCUT2D eigenvalue weighted by Gasteiger charge is -2.25. The Morgan fingerprint density at radius 2 is 1.88 bits per heavy atom. The lowest BCUT2D eigenvalue weighted by atomic mass is 9.99. The van der Waals surface area contributed by atoms with Crippen molar-refractivity contribution in [2.75, 3.05) is 20.6 Å². The second kappa shape index (κ2) is 10.9. The number of amides is 1. The summed E-state index contributed by atoms with van der Waals surface area (Å²) in [6.07, 6.45) is 3.86. The van der Waals surface area contributed by atoms with Gasteiger partial charge in [0.2, 0.25) is 5.91 Å². The number of rotatable bonds is 6. The second-order valence-electron chi connectivity index (χ2n) is 6.75. The third kappa shape index (κ3) is 6.60. The van der Waals surface area contributed by atoms with Crippen LogP contribution in [0.3, 0.4) is 0 Å². The first kappa shape index (κ1) is 23.2. The Labute approximate surface area is 158 Å². The van der Waals surface area contributed by atoms with Crippen LogP contribution < -0.4 is 11.1 Å². The Bertz CT molecular complexity index is 494. The van der Waals surface area contributed by atoms with Gasteiger partial charge in [0.15, 0.2) is 0 Å². The lowest BCUT2D eigenvalue weighted by Crippen LogP contribution is -2.36. The van der Waals surface area contributed by atoms with Crippen LogP contribution in [0.15, 0.2) is 24.3 Å². The monoisotopic (exact) mass is 375 g/mol. The van der Waals surface area contributed by atoms with Crippen molar-refractivity contribution < 1.29 is 4.79 Å². The molecule has 0 spiro atoms. The first-order valence-electron chi connectivity index (χ1n) is 8.22. The minimum absolute atomic E-state index is 0. The zero-order valence-corrected chi connectivity index (χ0v) is 16.5. The van der Waals surface area contributed by atoms with Gasteiger partial charge in [-0.25, -0.2) is 0 Å². The smallest absolute Gasteiger partial charge is 0.220 e. The third-order valence-electron chi connectivity index (χ3n) is 4.74. The summed E-state index contributed by atoms with van der Waals surface area (Å²) in [7, 11) is 4.09. The van der Waals surface area contributed by atoms with Gasteiger partial charge in [-0.3, -0.25) is 4.79 Å². The Hall–Kier alpha value is -0.810. The minimum Gasteiger partial charge on any atom is -0.354 e. The molecule has 0 aromatic heterocycles. The van der Waals surface area contributed by atoms with Crippen molar-refractivity contribution in [1.82, 2.24) is 10.2 Å². The number of nitrogens with one attached hydrogen (secondary N) is 1. The van der Waals surface area contributed by atoms with Gasteiger partial charge in [-0.15, -0.1) is 24.8 Å². The summed E-state index contributed by atoms with van der Waals surface area (Å²) in [5.41, 5.74) is 8.53. The lowest BCUT2D eigenvalue weighted by molar-refractivity contribution is -0.122. The van der Waals surface area contributed by atoms with Gasteiger partial charge in [0, 0.05) is 19.0 Å². The van der Waals surface area contributed by atoms with Crippen LogP contribution in [-0.2, 0) is 4.79 Å². The molecule has 0 bridgehead atoms. The van der Waals surface area contributed by atoms with Crippen LogP contribution in [0, 0.1) is 12.8 Å². The van der Waals surface area contributed by atoms with Crippen molar-refractivity contribution >= 4 is 30.7 Å². The average molecular weight is 376 g/mol. The highest BCUT2D eigenvalue weighted by Gasteiger charge is 2.26. The number of nitrogens with zero attached hydrogens (tertiary/aromatic N) is 1. The van der Waals surface area contributed by atoms with Gasteiger partial charge in [-0.2, -0.15) is 0 Å². The Morgan fingerprint density at radius 3 is 2.38 bits per heavy atom. The molecule has 3 atom stereocenters. The molecule has 1 saturated carbocycles. The van der Waals surface area contributed by atoms with Gasteiger partial charge in [-0.1, -0.05) is 36.2 Å². The highest BCUT2D eigenvalue weighted by atomic mass is 35.5. The molecule has 2 rings (SSSR count). The normalized spacial score (nSPS) is 20.9. The fraction of sp³-hybridized carbons (Fsp3) is 0.611. The maximum atomic E-state index is 12.2. The largest absolute Gasteiger partial charge is 0.354 e. The Balaban J connectivity index is 0.00000264. The van der Waals surface area contributed by atoms with Crippen LogP contribution in [0.25, 0.3) is 0 Å². The number of likely N-dealkylation sites (N-methyl/N-ethyl adjacent to an activating group) is 1. The molecule has 0 aliphatic heterocycles. The molecule has 0 radical (unpaired) electrons. The van der Waals surface area contributed by atoms with Crippen LogP contribution in [-0.4, -0.2) is 37.5 Å². The second-order valence-corrected chi connectivity index (χ2v) is 6.75. The molecule has 0 saturated heterocycles. The van der Waals surface area contributed by atoms with E-state index in [1.165, 1.54) is 11.1 Å². The van der Waals surface area contributed by atoms with E-state index in [0.29, 0.717) is 18.9 Å². The number of aryl methyl sites for hydroxylation is 1. The van der Waals surface area contributed by atoms with Crippen molar-refractivity contribution in [3.05, 3.63) is 35.4 Å². The average Bonchev–Trinajstić information content (AvgIpc) is 2.86. The van der Waals surface area contributed by atoms with E-state index in [0.717, 1.165) is 19.3 Å². The summed E-state index contributed by atoms with van der Waals surface area (Å²) < 4.78 is 0. The molecule has 138 valence electrons. The van der Waals surface area contributed by atoms with E-state index in [-0.39, 0.29) is 42.8 Å². The predicted molar refractivity (Wildman–Crippen MR) is 105 cm³/mol. The van der Waals surface area contributed by atoms with E-state index >= 15 is 0 Å². The summed E-state index contributed by atoms with van der Waals surface area (Å²) in [5.74, 6) is 0.485. The number of nitrogens with two attached hydrogens (primary N) is 1. The molecule has 1 fully saturated rings. The maximum Gasteiger partial charge on any atom is 0.220 e. The SMILES string of the molecule is Cc1ccc(C(CNC(=O)C[C@@H]2CCC[C@H]2N)N(C)C)cc1.Cl.Cl. The van der Waals surface area contributed by atoms with Gasteiger partial charge in [0.1, 0.15) is 0 Å². The van der Waals surface area contributed by atoms with Crippen LogP contribution in [0.2, 0.25) is 0 Å². The van der Waals surface area contributed by atoms with Gasteiger partial charge in [0.05, 0.1) is 6.04 Å². The maximum absolute atomic E-state index is 12.2. The molecule has 1 aliphatic rings. The van der Waals surface area contributed by atoms with E-state index in [1.807, 2.05) is 14.1 Å². The predicted octanol–water partition coefficient (Wildman–Crippen LogP) is 3.08. The van der Waals surface area contributed by atoms with Crippen molar-refractivity contribution in [2.24, 2.45) is 11.7 Å². The highest BCUT2D eigenvalue weighted by Crippen LogP contribution is 2.26. The van der Waals surface area contributed by atoms with Crippen LogP contribution in [0.1, 0.15) is 42.9 Å². The minimum atomic E-state index is 0. The fourth-order valence-corrected chi connectivity index (χ4v) is 3.23. The third-order valence-corrected chi connectivity index (χ3v) is 4.74. The zero-order chi connectivity index (χ0) is 16.1. The van der Waals surface area contributed by atoms with Crippen molar-refractivity contribution in [1.29, 1.82) is 0 Å². The van der Waals surface area contributed by atoms with Crippen molar-refractivity contribution in [3.8, 4) is 0 Å². The molecule has 6 heteroatoms. The molecule has 4 nitrogen and oxygen atoms in total. The standard InChI is InChI=1S/C18H29N3O.2ClH/c1-13-7-9-14(10-8-13)17(21(2)3)12-20-18(22)11-15-5-4-6-16(15)19;;/h7-10,15-17H,4-6,11-12,19H2,1-3H3,(H,20,22);2*1H/t15-,16+,17?;;/m0../s1. The number of carbonyl (C=O) groups excluding carboxylic acids is 1. The van der Waals surface area contributed by atoms with E-state index < -0.39 is 0 Å². The number of carbonyl (C=O) groups is 1. The number of benzene rings is 1. The van der Waals surface area contributed by atoms with Crippen molar-refractivity contribution in [3.63, 3.8) is 0 Å². The van der Waals surface area contributed by atoms with E-state index in [2.05, 4.69) is 41.4 Å². The molecule has 0 heterocycles. The summed E-state index contributed by atoms with van der Waals surface area (Å²) in [4.78, 5) is 14.3. The molecule has 1 aromatic carbocycles. The summed E-state index contributed by atoms with van der Waals surface area (Å²) in [6.45, 7) is 2.72. The molecular formula is C18H31Cl2N3O. The van der Waals surface area contributed by atoms with E-state index in [9.17, 15) is 4.79 Å². The summed E-state index contributed by atoms with van der Waals surface area (Å²) in [5, 5.41) is 3.09. The van der Waals surface area contributed by atoms with Gasteiger partial charge >= 0.3 is 0 Å². The van der Waals surface area contributed by atoms with Crippen LogP contribution >= 0.6 is 24.8 Å². The molecule has 1 aliphatic carbocycles. The number of halogens is 2. The van der Waals surface area contributed by atoms with Crippen molar-refractivity contribution in [2.45, 2.75) is 44.7 Å². The topological polar surface area (TPSA) is 58.4 Å². The molecule has 3 N–H and O–H groups in total. The van der Waals surface area contributed by atoms with Gasteiger partial charge in [-0.05, 0) is 45.3 Å². The first-order valence-corrected chi connectivity index (χ1v) is 8.22. The molecule has 1 aromatic rings. The fourth-order valence-electron chi connectivity index (χ4n) is 3.23. The molecule has 1 amide bonds. The Kier molecular flexibility index (Phi) is 10.6. The van der Waals surface area contributed by atoms with Crippen LogP contribution in [0.4, 0.5) is 0 Å². The van der Waals surface area contributed by atoms with Gasteiger partial charge in [0.25, 0.3) is 0 Å². The summed E-state index contributed by atoms with van der Waals surface area (Å²) >= 11 is 0. The quantitative estimate of drug-likeness (QED) is 0.802.